The van der Waals surface area contributed by atoms with Crippen molar-refractivity contribution in [1.29, 1.82) is 0 Å². The lowest BCUT2D eigenvalue weighted by Crippen LogP contribution is -2.17. The number of nitrogens with zero attached hydrogens (tertiary/aromatic N) is 1. The van der Waals surface area contributed by atoms with Gasteiger partial charge in [0, 0.05) is 27.6 Å². The Kier molecular flexibility index (Phi) is 7.16. The number of ether oxygens (including phenoxy) is 1. The number of rotatable bonds is 6. The lowest BCUT2D eigenvalue weighted by molar-refractivity contribution is 0.0954. The Morgan fingerprint density at radius 3 is 2.62 bits per heavy atom. The number of amides is 2. The van der Waals surface area contributed by atoms with E-state index in [2.05, 4.69) is 31.8 Å². The summed E-state index contributed by atoms with van der Waals surface area (Å²) in [6, 6.07) is 15.2. The number of phenolic OH excluding ortho intramolecular Hbond substituents is 1. The van der Waals surface area contributed by atoms with Crippen molar-refractivity contribution < 1.29 is 19.4 Å². The molecule has 0 radical (unpaired) electrons. The molecule has 0 fully saturated rings. The van der Waals surface area contributed by atoms with Crippen LogP contribution in [0.15, 0.2) is 68.9 Å². The van der Waals surface area contributed by atoms with Gasteiger partial charge in [0.25, 0.3) is 11.8 Å². The van der Waals surface area contributed by atoms with Gasteiger partial charge in [-0.2, -0.15) is 5.10 Å². The number of carbonyl (C=O) groups excluding carboxylic acids is 2. The Morgan fingerprint density at radius 1 is 1.12 bits per heavy atom. The number of hydrazone groups is 1. The van der Waals surface area contributed by atoms with Crippen molar-refractivity contribution in [2.45, 2.75) is 0 Å². The van der Waals surface area contributed by atoms with Crippen LogP contribution in [0.1, 0.15) is 26.3 Å². The van der Waals surface area contributed by atoms with E-state index >= 15 is 0 Å². The van der Waals surface area contributed by atoms with E-state index in [1.807, 2.05) is 24.3 Å². The lowest BCUT2D eigenvalue weighted by Gasteiger charge is -2.11. The van der Waals surface area contributed by atoms with Crippen molar-refractivity contribution >= 4 is 73.4 Å². The molecule has 172 valence electrons. The van der Waals surface area contributed by atoms with Crippen LogP contribution in [0.5, 0.6) is 11.5 Å². The summed E-state index contributed by atoms with van der Waals surface area (Å²) in [6.45, 7) is 0. The number of halogens is 2. The average Bonchev–Trinajstić information content (AvgIpc) is 3.22. The average molecular weight is 559 g/mol. The molecule has 1 heterocycles. The first-order valence-corrected chi connectivity index (χ1v) is 11.9. The maximum Gasteiger partial charge on any atom is 0.271 e. The van der Waals surface area contributed by atoms with E-state index in [1.165, 1.54) is 42.9 Å². The highest BCUT2D eigenvalue weighted by molar-refractivity contribution is 9.11. The summed E-state index contributed by atoms with van der Waals surface area (Å²) in [5.41, 5.74) is 4.52. The molecule has 1 aromatic heterocycles. The number of fused-ring (bicyclic) bond motifs is 1. The minimum absolute atomic E-state index is 0.0766. The molecule has 10 heteroatoms. The van der Waals surface area contributed by atoms with Gasteiger partial charge in [0.1, 0.15) is 9.54 Å². The van der Waals surface area contributed by atoms with Gasteiger partial charge in [-0.25, -0.2) is 5.43 Å². The molecule has 0 saturated heterocycles. The van der Waals surface area contributed by atoms with E-state index in [1.54, 1.807) is 17.5 Å². The number of methoxy groups -OCH3 is 1. The van der Waals surface area contributed by atoms with Gasteiger partial charge < -0.3 is 15.2 Å². The summed E-state index contributed by atoms with van der Waals surface area (Å²) in [6.07, 6.45) is 1.52. The predicted molar refractivity (Wildman–Crippen MR) is 139 cm³/mol. The van der Waals surface area contributed by atoms with E-state index in [0.717, 1.165) is 20.1 Å². The molecular formula is C24H17BrClN3O4S. The Balaban J connectivity index is 1.56. The standard InChI is InChI=1S/C24H17BrClN3O4S/c1-33-21-17(12-34-22(21)25)24(32)28-19-8-6-14(15-4-2-3-5-16(15)19)11-27-29-23(31)13-7-9-20(30)18(26)10-13/h2-12,30H,1H3,(H,28,32)(H,29,31). The van der Waals surface area contributed by atoms with Gasteiger partial charge in [0.15, 0.2) is 5.75 Å². The summed E-state index contributed by atoms with van der Waals surface area (Å²) in [7, 11) is 1.52. The maximum atomic E-state index is 12.9. The van der Waals surface area contributed by atoms with Crippen LogP contribution in [0.3, 0.4) is 0 Å². The predicted octanol–water partition coefficient (Wildman–Crippen LogP) is 6.05. The Hall–Kier alpha value is -3.40. The molecule has 0 aliphatic rings. The molecule has 4 aromatic rings. The van der Waals surface area contributed by atoms with Crippen LogP contribution >= 0.6 is 38.9 Å². The van der Waals surface area contributed by atoms with Gasteiger partial charge >= 0.3 is 0 Å². The monoisotopic (exact) mass is 557 g/mol. The van der Waals surface area contributed by atoms with E-state index in [0.29, 0.717) is 17.0 Å². The first-order chi connectivity index (χ1) is 16.4. The molecule has 7 nitrogen and oxygen atoms in total. The quantitative estimate of drug-likeness (QED) is 0.198. The molecular weight excluding hydrogens is 542 g/mol. The SMILES string of the molecule is COc1c(C(=O)Nc2ccc(C=NNC(=O)c3ccc(O)c(Cl)c3)c3ccccc23)csc1Br. The van der Waals surface area contributed by atoms with Gasteiger partial charge in [0.2, 0.25) is 0 Å². The van der Waals surface area contributed by atoms with Crippen LogP contribution in [-0.2, 0) is 0 Å². The first kappa shape index (κ1) is 23.7. The smallest absolute Gasteiger partial charge is 0.271 e. The highest BCUT2D eigenvalue weighted by Crippen LogP contribution is 2.36. The summed E-state index contributed by atoms with van der Waals surface area (Å²) in [4.78, 5) is 25.2. The van der Waals surface area contributed by atoms with Crippen molar-refractivity contribution in [3.63, 3.8) is 0 Å². The zero-order valence-corrected chi connectivity index (χ0v) is 20.8. The molecule has 0 atom stereocenters. The molecule has 2 amide bonds. The number of benzene rings is 3. The topological polar surface area (TPSA) is 100 Å². The van der Waals surface area contributed by atoms with Gasteiger partial charge in [-0.1, -0.05) is 41.9 Å². The van der Waals surface area contributed by atoms with Crippen molar-refractivity contribution in [1.82, 2.24) is 5.43 Å². The zero-order valence-electron chi connectivity index (χ0n) is 17.6. The number of nitrogens with one attached hydrogen (secondary N) is 2. The highest BCUT2D eigenvalue weighted by atomic mass is 79.9. The fraction of sp³-hybridized carbons (Fsp3) is 0.0417. The minimum atomic E-state index is -0.470. The van der Waals surface area contributed by atoms with Crippen molar-refractivity contribution in [3.05, 3.63) is 85.5 Å². The number of hydrogen-bond donors (Lipinski definition) is 3. The summed E-state index contributed by atoms with van der Waals surface area (Å²) in [5.74, 6) is -0.376. The molecule has 4 rings (SSSR count). The normalized spacial score (nSPS) is 11.0. The van der Waals surface area contributed by atoms with Crippen LogP contribution < -0.4 is 15.5 Å². The summed E-state index contributed by atoms with van der Waals surface area (Å²) < 4.78 is 6.06. The molecule has 0 aliphatic carbocycles. The molecule has 0 bridgehead atoms. The fourth-order valence-electron chi connectivity index (χ4n) is 3.28. The van der Waals surface area contributed by atoms with E-state index < -0.39 is 5.91 Å². The third-order valence-electron chi connectivity index (χ3n) is 4.94. The minimum Gasteiger partial charge on any atom is -0.506 e. The summed E-state index contributed by atoms with van der Waals surface area (Å²) >= 11 is 10.6. The number of carbonyl (C=O) groups is 2. The van der Waals surface area contributed by atoms with Crippen molar-refractivity contribution in [2.24, 2.45) is 5.10 Å². The van der Waals surface area contributed by atoms with Crippen LogP contribution in [0.4, 0.5) is 5.69 Å². The number of aromatic hydroxyl groups is 1. The van der Waals surface area contributed by atoms with Crippen LogP contribution in [-0.4, -0.2) is 30.2 Å². The third-order valence-corrected chi connectivity index (χ3v) is 6.91. The van der Waals surface area contributed by atoms with Crippen LogP contribution in [0, 0.1) is 0 Å². The second-order valence-corrected chi connectivity index (χ2v) is 9.63. The summed E-state index contributed by atoms with van der Waals surface area (Å²) in [5, 5.41) is 19.9. The fourth-order valence-corrected chi connectivity index (χ4v) is 4.85. The molecule has 0 aliphatic heterocycles. The second kappa shape index (κ2) is 10.3. The highest BCUT2D eigenvalue weighted by Gasteiger charge is 2.18. The van der Waals surface area contributed by atoms with Crippen LogP contribution in [0.25, 0.3) is 10.8 Å². The number of hydrogen-bond acceptors (Lipinski definition) is 6. The molecule has 0 spiro atoms. The largest absolute Gasteiger partial charge is 0.506 e. The van der Waals surface area contributed by atoms with E-state index in [-0.39, 0.29) is 22.2 Å². The number of anilines is 1. The van der Waals surface area contributed by atoms with Gasteiger partial charge in [0.05, 0.1) is 23.9 Å². The van der Waals surface area contributed by atoms with Crippen molar-refractivity contribution in [2.75, 3.05) is 12.4 Å². The Morgan fingerprint density at radius 2 is 1.88 bits per heavy atom. The molecule has 3 N–H and O–H groups in total. The van der Waals surface area contributed by atoms with E-state index in [4.69, 9.17) is 16.3 Å². The Bertz CT molecular complexity index is 1440. The van der Waals surface area contributed by atoms with E-state index in [9.17, 15) is 14.7 Å². The zero-order chi connectivity index (χ0) is 24.2. The third kappa shape index (κ3) is 4.91. The molecule has 0 saturated carbocycles. The first-order valence-electron chi connectivity index (χ1n) is 9.85. The van der Waals surface area contributed by atoms with Crippen LogP contribution in [0.2, 0.25) is 5.02 Å². The Labute approximate surface area is 212 Å². The molecule has 0 unspecified atom stereocenters. The second-order valence-electron chi connectivity index (χ2n) is 7.02. The number of thiophene rings is 1. The van der Waals surface area contributed by atoms with Crippen molar-refractivity contribution in [3.8, 4) is 11.5 Å². The van der Waals surface area contributed by atoms with Gasteiger partial charge in [-0.3, -0.25) is 9.59 Å². The number of phenols is 1. The van der Waals surface area contributed by atoms with Gasteiger partial charge in [-0.05, 0) is 45.6 Å². The maximum absolute atomic E-state index is 12.9. The molecule has 3 aromatic carbocycles. The molecule has 34 heavy (non-hydrogen) atoms. The lowest BCUT2D eigenvalue weighted by atomic mass is 10.0. The van der Waals surface area contributed by atoms with Gasteiger partial charge in [-0.15, -0.1) is 11.3 Å².